The van der Waals surface area contributed by atoms with Gasteiger partial charge < -0.3 is 4.55 Å². The van der Waals surface area contributed by atoms with Gasteiger partial charge in [-0.05, 0) is 42.2 Å². The lowest BCUT2D eigenvalue weighted by Gasteiger charge is -2.31. The van der Waals surface area contributed by atoms with Crippen LogP contribution >= 0.6 is 0 Å². The number of hydrogen-bond donors (Lipinski definition) is 1. The average Bonchev–Trinajstić information content (AvgIpc) is 2.80. The van der Waals surface area contributed by atoms with Crippen LogP contribution in [0, 0.1) is 11.8 Å². The summed E-state index contributed by atoms with van der Waals surface area (Å²) in [4.78, 5) is 2.54. The van der Waals surface area contributed by atoms with E-state index < -0.39 is 11.1 Å². The SMILES string of the molecule is O=S(O)CC1CCCC(CN2Cc3ccccc3C2)C1. The van der Waals surface area contributed by atoms with Crippen molar-refractivity contribution in [1.82, 2.24) is 4.90 Å². The average molecular weight is 293 g/mol. The molecule has 0 spiro atoms. The fourth-order valence-electron chi connectivity index (χ4n) is 3.82. The van der Waals surface area contributed by atoms with Gasteiger partial charge in [0.15, 0.2) is 11.1 Å². The fourth-order valence-corrected chi connectivity index (χ4v) is 4.53. The molecule has 0 aromatic heterocycles. The maximum absolute atomic E-state index is 11.0. The van der Waals surface area contributed by atoms with Gasteiger partial charge in [-0.15, -0.1) is 0 Å². The molecular formula is C16H23NO2S. The second-order valence-corrected chi connectivity index (χ2v) is 7.30. The summed E-state index contributed by atoms with van der Waals surface area (Å²) >= 11 is -1.63. The number of rotatable bonds is 4. The quantitative estimate of drug-likeness (QED) is 0.868. The van der Waals surface area contributed by atoms with E-state index in [4.69, 9.17) is 4.55 Å². The summed E-state index contributed by atoms with van der Waals surface area (Å²) in [6, 6.07) is 8.70. The van der Waals surface area contributed by atoms with Crippen LogP contribution < -0.4 is 0 Å². The first-order valence-electron chi connectivity index (χ1n) is 7.57. The van der Waals surface area contributed by atoms with Crippen LogP contribution in [0.2, 0.25) is 0 Å². The van der Waals surface area contributed by atoms with Crippen molar-refractivity contribution in [3.05, 3.63) is 35.4 Å². The Labute approximate surface area is 123 Å². The van der Waals surface area contributed by atoms with Gasteiger partial charge in [0, 0.05) is 19.6 Å². The first-order valence-corrected chi connectivity index (χ1v) is 8.85. The van der Waals surface area contributed by atoms with Crippen LogP contribution in [0.1, 0.15) is 36.8 Å². The first kappa shape index (κ1) is 14.2. The third kappa shape index (κ3) is 3.48. The third-order valence-corrected chi connectivity index (χ3v) is 5.45. The maximum atomic E-state index is 11.0. The first-order chi connectivity index (χ1) is 9.70. The van der Waals surface area contributed by atoms with Gasteiger partial charge in [-0.2, -0.15) is 0 Å². The number of benzene rings is 1. The molecule has 3 rings (SSSR count). The molecule has 1 aliphatic carbocycles. The van der Waals surface area contributed by atoms with Crippen LogP contribution in [0.15, 0.2) is 24.3 Å². The molecule has 0 radical (unpaired) electrons. The second kappa shape index (κ2) is 6.37. The molecule has 110 valence electrons. The number of hydrogen-bond acceptors (Lipinski definition) is 2. The molecule has 1 saturated carbocycles. The van der Waals surface area contributed by atoms with Crippen LogP contribution in [-0.2, 0) is 24.2 Å². The molecule has 0 bridgehead atoms. The minimum absolute atomic E-state index is 0.449. The summed E-state index contributed by atoms with van der Waals surface area (Å²) in [5, 5.41) is 0. The van der Waals surface area contributed by atoms with Crippen molar-refractivity contribution in [2.24, 2.45) is 11.8 Å². The molecule has 3 unspecified atom stereocenters. The van der Waals surface area contributed by atoms with Gasteiger partial charge in [0.2, 0.25) is 0 Å². The van der Waals surface area contributed by atoms with Crippen molar-refractivity contribution in [3.63, 3.8) is 0 Å². The Balaban J connectivity index is 1.53. The molecular weight excluding hydrogens is 270 g/mol. The Bertz CT molecular complexity index is 466. The van der Waals surface area contributed by atoms with Crippen LogP contribution in [0.5, 0.6) is 0 Å². The molecule has 1 N–H and O–H groups in total. The van der Waals surface area contributed by atoms with Crippen molar-refractivity contribution in [1.29, 1.82) is 0 Å². The summed E-state index contributed by atoms with van der Waals surface area (Å²) in [5.41, 5.74) is 2.94. The van der Waals surface area contributed by atoms with Gasteiger partial charge >= 0.3 is 0 Å². The van der Waals surface area contributed by atoms with Gasteiger partial charge in [-0.3, -0.25) is 4.90 Å². The van der Waals surface area contributed by atoms with Gasteiger partial charge in [0.1, 0.15) is 0 Å². The highest BCUT2D eigenvalue weighted by molar-refractivity contribution is 7.79. The summed E-state index contributed by atoms with van der Waals surface area (Å²) < 4.78 is 20.0. The van der Waals surface area contributed by atoms with Crippen LogP contribution in [0.25, 0.3) is 0 Å². The molecule has 1 aromatic rings. The molecule has 1 aromatic carbocycles. The van der Waals surface area contributed by atoms with Gasteiger partial charge in [-0.1, -0.05) is 30.7 Å². The molecule has 0 amide bonds. The standard InChI is InChI=1S/C16H23NO2S/c18-20(19)12-14-5-3-4-13(8-14)9-17-10-15-6-1-2-7-16(15)11-17/h1-2,6-7,13-14H,3-5,8-12H2,(H,18,19). The largest absolute Gasteiger partial charge is 0.306 e. The van der Waals surface area contributed by atoms with Crippen molar-refractivity contribution in [3.8, 4) is 0 Å². The minimum Gasteiger partial charge on any atom is -0.306 e. The molecule has 4 heteroatoms. The monoisotopic (exact) mass is 293 g/mol. The fraction of sp³-hybridized carbons (Fsp3) is 0.625. The number of nitrogens with zero attached hydrogens (tertiary/aromatic N) is 1. The summed E-state index contributed by atoms with van der Waals surface area (Å²) in [7, 11) is 0. The zero-order chi connectivity index (χ0) is 13.9. The Morgan fingerprint density at radius 3 is 2.45 bits per heavy atom. The molecule has 3 nitrogen and oxygen atoms in total. The highest BCUT2D eigenvalue weighted by atomic mass is 32.2. The Morgan fingerprint density at radius 2 is 1.80 bits per heavy atom. The minimum atomic E-state index is -1.63. The predicted molar refractivity (Wildman–Crippen MR) is 81.6 cm³/mol. The van der Waals surface area contributed by atoms with Gasteiger partial charge in [0.05, 0.1) is 5.75 Å². The predicted octanol–water partition coefficient (Wildman–Crippen LogP) is 3.03. The zero-order valence-electron chi connectivity index (χ0n) is 11.8. The molecule has 0 saturated heterocycles. The van der Waals surface area contributed by atoms with E-state index in [0.29, 0.717) is 17.6 Å². The molecule has 1 heterocycles. The molecule has 20 heavy (non-hydrogen) atoms. The van der Waals surface area contributed by atoms with Crippen molar-refractivity contribution in [2.75, 3.05) is 12.3 Å². The lowest BCUT2D eigenvalue weighted by Crippen LogP contribution is -2.29. The molecule has 3 atom stereocenters. The zero-order valence-corrected chi connectivity index (χ0v) is 12.6. The van der Waals surface area contributed by atoms with E-state index in [1.807, 2.05) is 0 Å². The van der Waals surface area contributed by atoms with E-state index in [-0.39, 0.29) is 0 Å². The lowest BCUT2D eigenvalue weighted by atomic mass is 9.82. The van der Waals surface area contributed by atoms with E-state index >= 15 is 0 Å². The summed E-state index contributed by atoms with van der Waals surface area (Å²) in [6.45, 7) is 3.29. The normalized spacial score (nSPS) is 28.2. The van der Waals surface area contributed by atoms with E-state index in [0.717, 1.165) is 32.5 Å². The topological polar surface area (TPSA) is 40.5 Å². The summed E-state index contributed by atoms with van der Waals surface area (Å²) in [6.07, 6.45) is 4.75. The highest BCUT2D eigenvalue weighted by Crippen LogP contribution is 2.32. The Morgan fingerprint density at radius 1 is 1.15 bits per heavy atom. The van der Waals surface area contributed by atoms with Crippen LogP contribution in [0.4, 0.5) is 0 Å². The van der Waals surface area contributed by atoms with Gasteiger partial charge in [0.25, 0.3) is 0 Å². The van der Waals surface area contributed by atoms with E-state index in [2.05, 4.69) is 29.2 Å². The van der Waals surface area contributed by atoms with E-state index in [9.17, 15) is 4.21 Å². The van der Waals surface area contributed by atoms with E-state index in [1.54, 1.807) is 0 Å². The Kier molecular flexibility index (Phi) is 4.54. The lowest BCUT2D eigenvalue weighted by molar-refractivity contribution is 0.181. The maximum Gasteiger partial charge on any atom is 0.153 e. The smallest absolute Gasteiger partial charge is 0.153 e. The molecule has 1 fully saturated rings. The molecule has 1 aliphatic heterocycles. The van der Waals surface area contributed by atoms with Crippen molar-refractivity contribution < 1.29 is 8.76 Å². The molecule has 2 aliphatic rings. The van der Waals surface area contributed by atoms with Crippen LogP contribution in [-0.4, -0.2) is 26.0 Å². The summed E-state index contributed by atoms with van der Waals surface area (Å²) in [5.74, 6) is 1.62. The van der Waals surface area contributed by atoms with Crippen LogP contribution in [0.3, 0.4) is 0 Å². The van der Waals surface area contributed by atoms with Crippen molar-refractivity contribution >= 4 is 11.1 Å². The van der Waals surface area contributed by atoms with Gasteiger partial charge in [-0.25, -0.2) is 4.21 Å². The Hall–Kier alpha value is -0.710. The van der Waals surface area contributed by atoms with E-state index in [1.165, 1.54) is 24.0 Å². The third-order valence-electron chi connectivity index (χ3n) is 4.69. The van der Waals surface area contributed by atoms with Crippen molar-refractivity contribution in [2.45, 2.75) is 38.8 Å². The number of fused-ring (bicyclic) bond motifs is 1. The highest BCUT2D eigenvalue weighted by Gasteiger charge is 2.27. The second-order valence-electron chi connectivity index (χ2n) is 6.33.